The maximum absolute atomic E-state index is 12.5. The molecule has 1 saturated carbocycles. The zero-order valence-corrected chi connectivity index (χ0v) is 18.8. The van der Waals surface area contributed by atoms with Crippen molar-refractivity contribution in [1.82, 2.24) is 0 Å². The van der Waals surface area contributed by atoms with Crippen molar-refractivity contribution < 1.29 is 54.0 Å². The summed E-state index contributed by atoms with van der Waals surface area (Å²) in [6.07, 6.45) is -2.78. The van der Waals surface area contributed by atoms with Crippen LogP contribution in [-0.4, -0.2) is 92.4 Å². The molecule has 5 rings (SSSR count). The zero-order chi connectivity index (χ0) is 25.0. The summed E-state index contributed by atoms with van der Waals surface area (Å²) in [6.45, 7) is 1.21. The van der Waals surface area contributed by atoms with Crippen molar-refractivity contribution in [2.75, 3.05) is 6.61 Å². The number of ether oxygens (including phenoxy) is 5. The molecular weight excluding hydrogens is 464 g/mol. The van der Waals surface area contributed by atoms with Gasteiger partial charge >= 0.3 is 5.97 Å². The summed E-state index contributed by atoms with van der Waals surface area (Å²) in [5.41, 5.74) is -1.31. The molecule has 10 atom stereocenters. The van der Waals surface area contributed by atoms with Crippen molar-refractivity contribution in [3.63, 3.8) is 0 Å². The molecule has 11 nitrogen and oxygen atoms in total. The van der Waals surface area contributed by atoms with E-state index in [1.165, 1.54) is 24.5 Å². The van der Waals surface area contributed by atoms with Crippen LogP contribution < -0.4 is 0 Å². The average molecular weight is 492 g/mol. The van der Waals surface area contributed by atoms with Crippen LogP contribution in [0.3, 0.4) is 0 Å². The number of hydrogen-bond acceptors (Lipinski definition) is 11. The highest BCUT2D eigenvalue weighted by Gasteiger charge is 2.74. The van der Waals surface area contributed by atoms with Crippen molar-refractivity contribution in [3.8, 4) is 5.75 Å². The van der Waals surface area contributed by atoms with Gasteiger partial charge in [-0.1, -0.05) is 12.1 Å². The smallest absolute Gasteiger partial charge is 0.331 e. The molecule has 0 aromatic heterocycles. The molecule has 1 aliphatic carbocycles. The van der Waals surface area contributed by atoms with Gasteiger partial charge < -0.3 is 49.2 Å². The minimum atomic E-state index is -1.64. The van der Waals surface area contributed by atoms with E-state index in [1.54, 1.807) is 18.2 Å². The molecule has 10 unspecified atom stereocenters. The molecule has 0 spiro atoms. The van der Waals surface area contributed by atoms with Crippen LogP contribution in [0, 0.1) is 5.92 Å². The number of carbonyl (C=O) groups is 1. The number of rotatable bonds is 6. The fraction of sp³-hybridized carbons (Fsp3) is 0.542. The van der Waals surface area contributed by atoms with Crippen LogP contribution in [-0.2, 0) is 28.5 Å². The van der Waals surface area contributed by atoms with Gasteiger partial charge in [-0.15, -0.1) is 0 Å². The van der Waals surface area contributed by atoms with Crippen molar-refractivity contribution in [2.24, 2.45) is 5.92 Å². The molecule has 1 aromatic rings. The first-order valence-corrected chi connectivity index (χ1v) is 11.3. The predicted molar refractivity (Wildman–Crippen MR) is 116 cm³/mol. The molecule has 11 heteroatoms. The number of benzene rings is 1. The van der Waals surface area contributed by atoms with Gasteiger partial charge in [0, 0.05) is 12.5 Å². The second kappa shape index (κ2) is 8.86. The maximum Gasteiger partial charge on any atom is 0.331 e. The predicted octanol–water partition coefficient (Wildman–Crippen LogP) is -0.449. The number of fused-ring (bicyclic) bond motifs is 3. The molecule has 5 N–H and O–H groups in total. The van der Waals surface area contributed by atoms with E-state index in [2.05, 4.69) is 0 Å². The molecule has 0 amide bonds. The number of carbonyl (C=O) groups excluding carboxylic acids is 1. The summed E-state index contributed by atoms with van der Waals surface area (Å²) >= 11 is 0. The van der Waals surface area contributed by atoms with Crippen LogP contribution in [0.25, 0.3) is 6.08 Å². The number of aliphatic hydroxyl groups is 4. The molecule has 1 aromatic carbocycles. The van der Waals surface area contributed by atoms with E-state index in [0.717, 1.165) is 6.08 Å². The van der Waals surface area contributed by atoms with Crippen LogP contribution >= 0.6 is 0 Å². The number of phenolic OH excluding ortho intramolecular Hbond substituents is 1. The molecular formula is C24H28O11. The fourth-order valence-electron chi connectivity index (χ4n) is 5.16. The highest BCUT2D eigenvalue weighted by Crippen LogP contribution is 2.61. The highest BCUT2D eigenvalue weighted by atomic mass is 16.8. The summed E-state index contributed by atoms with van der Waals surface area (Å²) in [5, 5.41) is 51.0. The topological polar surface area (TPSA) is 168 Å². The lowest BCUT2D eigenvalue weighted by atomic mass is 9.83. The van der Waals surface area contributed by atoms with E-state index in [9.17, 15) is 30.3 Å². The molecule has 3 fully saturated rings. The van der Waals surface area contributed by atoms with Gasteiger partial charge in [-0.05, 0) is 36.8 Å². The van der Waals surface area contributed by atoms with Gasteiger partial charge in [0.05, 0.1) is 24.9 Å². The Morgan fingerprint density at radius 1 is 1.20 bits per heavy atom. The third-order valence-corrected chi connectivity index (χ3v) is 7.14. The van der Waals surface area contributed by atoms with Gasteiger partial charge in [0.1, 0.15) is 35.3 Å². The number of hydrogen-bond donors (Lipinski definition) is 5. The summed E-state index contributed by atoms with van der Waals surface area (Å²) in [6, 6.07) is 6.08. The number of aliphatic hydroxyl groups excluding tert-OH is 3. The first kappa shape index (κ1) is 24.2. The summed E-state index contributed by atoms with van der Waals surface area (Å²) < 4.78 is 28.3. The van der Waals surface area contributed by atoms with Crippen LogP contribution in [0.4, 0.5) is 0 Å². The summed E-state index contributed by atoms with van der Waals surface area (Å²) in [5.74, 6) is -1.41. The van der Waals surface area contributed by atoms with Gasteiger partial charge in [0.2, 0.25) is 12.6 Å². The summed E-state index contributed by atoms with van der Waals surface area (Å²) in [4.78, 5) is 12.5. The lowest BCUT2D eigenvalue weighted by molar-refractivity contribution is -0.348. The minimum absolute atomic E-state index is 0.0744. The van der Waals surface area contributed by atoms with E-state index >= 15 is 0 Å². The second-order valence-electron chi connectivity index (χ2n) is 9.44. The normalized spacial score (nSPS) is 43.9. The molecule has 35 heavy (non-hydrogen) atoms. The van der Waals surface area contributed by atoms with E-state index in [1.807, 2.05) is 6.92 Å². The number of esters is 1. The van der Waals surface area contributed by atoms with E-state index in [-0.39, 0.29) is 11.9 Å². The van der Waals surface area contributed by atoms with Crippen molar-refractivity contribution >= 4 is 12.0 Å². The highest BCUT2D eigenvalue weighted by molar-refractivity contribution is 5.87. The Morgan fingerprint density at radius 3 is 2.66 bits per heavy atom. The lowest BCUT2D eigenvalue weighted by Crippen LogP contribution is -2.62. The largest absolute Gasteiger partial charge is 0.508 e. The van der Waals surface area contributed by atoms with Crippen LogP contribution in [0.5, 0.6) is 5.75 Å². The Labute approximate surface area is 200 Å². The number of epoxide rings is 1. The SMILES string of the molecule is CC12OC1CC1(O)C=COC(OC3OC(CO)C(O)C(O)C3OC(=O)C=Cc3ccc(O)cc3)C12. The minimum Gasteiger partial charge on any atom is -0.508 e. The number of aromatic hydroxyl groups is 1. The van der Waals surface area contributed by atoms with Crippen molar-refractivity contribution in [1.29, 1.82) is 0 Å². The van der Waals surface area contributed by atoms with Crippen LogP contribution in [0.1, 0.15) is 18.9 Å². The fourth-order valence-corrected chi connectivity index (χ4v) is 5.16. The Bertz CT molecular complexity index is 1010. The molecule has 0 bridgehead atoms. The first-order valence-electron chi connectivity index (χ1n) is 11.3. The van der Waals surface area contributed by atoms with E-state index in [4.69, 9.17) is 23.7 Å². The Morgan fingerprint density at radius 2 is 1.94 bits per heavy atom. The molecule has 3 aliphatic heterocycles. The molecule has 0 radical (unpaired) electrons. The average Bonchev–Trinajstić information content (AvgIpc) is 3.39. The summed E-state index contributed by atoms with van der Waals surface area (Å²) in [7, 11) is 0. The third-order valence-electron chi connectivity index (χ3n) is 7.14. The third kappa shape index (κ3) is 4.33. The second-order valence-corrected chi connectivity index (χ2v) is 9.44. The quantitative estimate of drug-likeness (QED) is 0.198. The Balaban J connectivity index is 1.33. The molecule has 2 saturated heterocycles. The lowest BCUT2D eigenvalue weighted by Gasteiger charge is -2.45. The van der Waals surface area contributed by atoms with Crippen LogP contribution in [0.2, 0.25) is 0 Å². The standard InChI is InChI=1S/C24H28O11/c1-23-15(35-23)10-24(30)8-9-31-22(20(23)24)34-21-19(18(29)17(28)14(11-25)32-21)33-16(27)7-4-12-2-5-13(26)6-3-12/h2-9,14-15,17-22,25-26,28-30H,10-11H2,1H3. The van der Waals surface area contributed by atoms with Gasteiger partial charge in [0.25, 0.3) is 0 Å². The van der Waals surface area contributed by atoms with Gasteiger partial charge in [-0.2, -0.15) is 0 Å². The molecule has 3 heterocycles. The van der Waals surface area contributed by atoms with Gasteiger partial charge in [-0.3, -0.25) is 0 Å². The first-order chi connectivity index (χ1) is 16.6. The van der Waals surface area contributed by atoms with Gasteiger partial charge in [0.15, 0.2) is 6.10 Å². The maximum atomic E-state index is 12.5. The van der Waals surface area contributed by atoms with Crippen molar-refractivity contribution in [3.05, 3.63) is 48.2 Å². The molecule has 4 aliphatic rings. The van der Waals surface area contributed by atoms with Crippen molar-refractivity contribution in [2.45, 2.75) is 67.6 Å². The van der Waals surface area contributed by atoms with Crippen LogP contribution in [0.15, 0.2) is 42.7 Å². The van der Waals surface area contributed by atoms with Gasteiger partial charge in [-0.25, -0.2) is 4.79 Å². The van der Waals surface area contributed by atoms with E-state index in [0.29, 0.717) is 12.0 Å². The Hall–Kier alpha value is -2.51. The monoisotopic (exact) mass is 492 g/mol. The van der Waals surface area contributed by atoms with E-state index < -0.39 is 66.7 Å². The molecule has 190 valence electrons. The zero-order valence-electron chi connectivity index (χ0n) is 18.8. The number of phenols is 1. The Kier molecular flexibility index (Phi) is 6.12.